The zero-order valence-corrected chi connectivity index (χ0v) is 25.3. The molecule has 0 saturated carbocycles. The van der Waals surface area contributed by atoms with Crippen LogP contribution in [-0.4, -0.2) is 81.8 Å². The molecular formula is C28H45N2O8P. The predicted octanol–water partition coefficient (Wildman–Crippen LogP) is 5.98. The van der Waals surface area contributed by atoms with E-state index in [0.717, 1.165) is 10.5 Å². The average molecular weight is 569 g/mol. The average Bonchev–Trinajstić information content (AvgIpc) is 2.79. The summed E-state index contributed by atoms with van der Waals surface area (Å²) in [6.45, 7) is 13.1. The van der Waals surface area contributed by atoms with Gasteiger partial charge in [0.15, 0.2) is 5.16 Å². The molecule has 0 aromatic heterocycles. The minimum Gasteiger partial charge on any atom is -0.480 e. The van der Waals surface area contributed by atoms with Gasteiger partial charge in [0, 0.05) is 32.3 Å². The summed E-state index contributed by atoms with van der Waals surface area (Å²) in [6.07, 6.45) is -0.889. The number of imide groups is 1. The number of carboxylic acid groups (broad SMARTS) is 1. The van der Waals surface area contributed by atoms with Gasteiger partial charge in [-0.3, -0.25) is 14.3 Å². The van der Waals surface area contributed by atoms with Gasteiger partial charge < -0.3 is 19.1 Å². The van der Waals surface area contributed by atoms with E-state index in [1.165, 1.54) is 0 Å². The molecule has 1 aliphatic heterocycles. The molecule has 1 heterocycles. The first-order valence-electron chi connectivity index (χ1n) is 13.5. The first kappa shape index (κ1) is 32.8. The summed E-state index contributed by atoms with van der Waals surface area (Å²) in [6, 6.07) is 9.72. The van der Waals surface area contributed by atoms with Gasteiger partial charge in [0.05, 0.1) is 6.61 Å². The fraction of sp³-hybridized carbons (Fsp3) is 0.679. The van der Waals surface area contributed by atoms with Crippen LogP contribution in [0.15, 0.2) is 30.3 Å². The Kier molecular flexibility index (Phi) is 11.2. The molecule has 0 spiro atoms. The summed E-state index contributed by atoms with van der Waals surface area (Å²) in [5, 5.41) is 8.84. The Bertz CT molecular complexity index is 1010. The van der Waals surface area contributed by atoms with Crippen molar-refractivity contribution in [3.8, 4) is 0 Å². The van der Waals surface area contributed by atoms with Crippen LogP contribution in [0.2, 0.25) is 0 Å². The van der Waals surface area contributed by atoms with Gasteiger partial charge in [0.1, 0.15) is 11.2 Å². The van der Waals surface area contributed by atoms with Crippen molar-refractivity contribution >= 4 is 25.5 Å². The van der Waals surface area contributed by atoms with Crippen LogP contribution in [0.5, 0.6) is 0 Å². The zero-order chi connectivity index (χ0) is 29.5. The number of nitrogens with zero attached hydrogens (tertiary/aromatic N) is 2. The van der Waals surface area contributed by atoms with E-state index in [2.05, 4.69) is 0 Å². The second-order valence-electron chi connectivity index (χ2n) is 11.9. The number of amides is 2. The Balaban J connectivity index is 2.21. The number of rotatable bonds is 10. The lowest BCUT2D eigenvalue weighted by molar-refractivity contribution is -0.141. The Morgan fingerprint density at radius 1 is 1.00 bits per heavy atom. The Morgan fingerprint density at radius 3 is 2.05 bits per heavy atom. The van der Waals surface area contributed by atoms with Gasteiger partial charge in [-0.25, -0.2) is 14.5 Å². The smallest absolute Gasteiger partial charge is 0.419 e. The van der Waals surface area contributed by atoms with E-state index in [1.807, 2.05) is 35.2 Å². The molecule has 39 heavy (non-hydrogen) atoms. The quantitative estimate of drug-likeness (QED) is 0.268. The lowest BCUT2D eigenvalue weighted by atomic mass is 9.99. The van der Waals surface area contributed by atoms with Crippen LogP contribution in [0.4, 0.5) is 9.59 Å². The van der Waals surface area contributed by atoms with Gasteiger partial charge in [-0.2, -0.15) is 0 Å². The fourth-order valence-corrected chi connectivity index (χ4v) is 7.54. The van der Waals surface area contributed by atoms with Crippen molar-refractivity contribution in [2.75, 3.05) is 32.4 Å². The molecule has 10 nitrogen and oxygen atoms in total. The molecule has 11 heteroatoms. The van der Waals surface area contributed by atoms with Crippen LogP contribution in [0.3, 0.4) is 0 Å². The minimum absolute atomic E-state index is 0.0355. The number of hydrogen-bond acceptors (Lipinski definition) is 8. The third-order valence-corrected chi connectivity index (χ3v) is 9.61. The third kappa shape index (κ3) is 9.33. The summed E-state index contributed by atoms with van der Waals surface area (Å²) in [5.41, 5.74) is -0.603. The molecule has 2 amide bonds. The molecule has 1 aromatic rings. The molecule has 220 valence electrons. The molecule has 1 N–H and O–H groups in total. The lowest BCUT2D eigenvalue weighted by Gasteiger charge is -2.45. The molecule has 1 saturated heterocycles. The normalized spacial score (nSPS) is 22.2. The first-order chi connectivity index (χ1) is 18.0. The maximum Gasteiger partial charge on any atom is 0.419 e. The van der Waals surface area contributed by atoms with E-state index in [0.29, 0.717) is 19.5 Å². The van der Waals surface area contributed by atoms with Gasteiger partial charge in [-0.15, -0.1) is 0 Å². The van der Waals surface area contributed by atoms with Crippen LogP contribution >= 0.6 is 7.37 Å². The summed E-state index contributed by atoms with van der Waals surface area (Å²) in [7, 11) is -3.55. The predicted molar refractivity (Wildman–Crippen MR) is 149 cm³/mol. The number of ether oxygens (including phenoxy) is 2. The van der Waals surface area contributed by atoms with Crippen LogP contribution in [0.1, 0.15) is 73.3 Å². The SMILES string of the molecule is CCOP1(=O)CCN(Cc2ccccc2)C[C@@]1(CCCCN(C(=O)OC(C)(C)C)C(=O)OC(C)(C)C)C(=O)O. The summed E-state index contributed by atoms with van der Waals surface area (Å²) in [4.78, 5) is 41.3. The van der Waals surface area contributed by atoms with Gasteiger partial charge in [-0.1, -0.05) is 30.3 Å². The summed E-state index contributed by atoms with van der Waals surface area (Å²) < 4.78 is 30.5. The summed E-state index contributed by atoms with van der Waals surface area (Å²) >= 11 is 0. The van der Waals surface area contributed by atoms with Crippen LogP contribution in [0.25, 0.3) is 0 Å². The molecule has 1 unspecified atom stereocenters. The topological polar surface area (TPSA) is 123 Å². The molecule has 0 radical (unpaired) electrons. The van der Waals surface area contributed by atoms with Gasteiger partial charge >= 0.3 is 18.2 Å². The number of benzene rings is 1. The third-order valence-electron chi connectivity index (χ3n) is 6.28. The van der Waals surface area contributed by atoms with Crippen molar-refractivity contribution in [1.82, 2.24) is 9.80 Å². The number of hydrogen-bond donors (Lipinski definition) is 1. The maximum atomic E-state index is 14.0. The monoisotopic (exact) mass is 568 g/mol. The number of carbonyl (C=O) groups excluding carboxylic acids is 2. The Morgan fingerprint density at radius 2 is 1.56 bits per heavy atom. The summed E-state index contributed by atoms with van der Waals surface area (Å²) in [5.74, 6) is -1.16. The molecule has 1 aliphatic rings. The Labute approximate surface area is 232 Å². The van der Waals surface area contributed by atoms with E-state index in [4.69, 9.17) is 14.0 Å². The number of unbranched alkanes of at least 4 members (excludes halogenated alkanes) is 1. The maximum absolute atomic E-state index is 14.0. The van der Waals surface area contributed by atoms with Gasteiger partial charge in [0.2, 0.25) is 7.37 Å². The van der Waals surface area contributed by atoms with E-state index in [-0.39, 0.29) is 38.7 Å². The number of carboxylic acids is 1. The van der Waals surface area contributed by atoms with Crippen molar-refractivity contribution in [2.45, 2.75) is 90.6 Å². The Hall–Kier alpha value is -2.42. The van der Waals surface area contributed by atoms with Gasteiger partial charge in [-0.05, 0) is 73.3 Å². The van der Waals surface area contributed by atoms with Crippen molar-refractivity contribution < 1.29 is 38.1 Å². The fourth-order valence-electron chi connectivity index (χ4n) is 4.57. The highest BCUT2D eigenvalue weighted by Crippen LogP contribution is 2.63. The highest BCUT2D eigenvalue weighted by molar-refractivity contribution is 7.62. The standard InChI is InChI=1S/C28H45N2O8P/c1-8-36-39(35)19-18-29(20-22-14-10-9-11-15-22)21-28(39,23(31)32)16-12-13-17-30(24(33)37-26(2,3)4)25(34)38-27(5,6)7/h9-11,14-15H,8,12-13,16-21H2,1-7H3,(H,31,32)/t28-,39?/m0/s1. The molecule has 0 bridgehead atoms. The van der Waals surface area contributed by atoms with E-state index in [1.54, 1.807) is 48.5 Å². The minimum atomic E-state index is -3.55. The second kappa shape index (κ2) is 13.3. The molecular weight excluding hydrogens is 523 g/mol. The number of carbonyl (C=O) groups is 3. The van der Waals surface area contributed by atoms with Gasteiger partial charge in [0.25, 0.3) is 0 Å². The molecule has 1 aromatic carbocycles. The molecule has 0 aliphatic carbocycles. The van der Waals surface area contributed by atoms with E-state index in [9.17, 15) is 24.1 Å². The van der Waals surface area contributed by atoms with Crippen molar-refractivity contribution in [3.05, 3.63) is 35.9 Å². The van der Waals surface area contributed by atoms with E-state index < -0.39 is 41.9 Å². The lowest BCUT2D eigenvalue weighted by Crippen LogP contribution is -2.54. The highest BCUT2D eigenvalue weighted by atomic mass is 31.2. The van der Waals surface area contributed by atoms with Crippen LogP contribution < -0.4 is 0 Å². The molecule has 2 atom stereocenters. The van der Waals surface area contributed by atoms with E-state index >= 15 is 0 Å². The van der Waals surface area contributed by atoms with Crippen molar-refractivity contribution in [1.29, 1.82) is 0 Å². The van der Waals surface area contributed by atoms with Crippen LogP contribution in [0, 0.1) is 0 Å². The van der Waals surface area contributed by atoms with Crippen LogP contribution in [-0.2, 0) is 29.9 Å². The second-order valence-corrected chi connectivity index (χ2v) is 14.8. The number of aliphatic carboxylic acids is 1. The largest absolute Gasteiger partial charge is 0.480 e. The molecule has 1 fully saturated rings. The van der Waals surface area contributed by atoms with Crippen molar-refractivity contribution in [3.63, 3.8) is 0 Å². The zero-order valence-electron chi connectivity index (χ0n) is 24.4. The van der Waals surface area contributed by atoms with Crippen molar-refractivity contribution in [2.24, 2.45) is 0 Å². The first-order valence-corrected chi connectivity index (χ1v) is 15.3. The highest BCUT2D eigenvalue weighted by Gasteiger charge is 2.58. The molecule has 2 rings (SSSR count).